The predicted octanol–water partition coefficient (Wildman–Crippen LogP) is 3.51. The Bertz CT molecular complexity index is 1220. The van der Waals surface area contributed by atoms with E-state index in [4.69, 9.17) is 0 Å². The number of fused-ring (bicyclic) bond motifs is 1. The minimum Gasteiger partial charge on any atom is -0.395 e. The molecule has 0 amide bonds. The number of aromatic nitrogens is 3. The molecule has 0 aliphatic carbocycles. The van der Waals surface area contributed by atoms with Crippen molar-refractivity contribution in [3.63, 3.8) is 0 Å². The highest BCUT2D eigenvalue weighted by atomic mass is 19.4. The molecule has 1 unspecified atom stereocenters. The predicted molar refractivity (Wildman–Crippen MR) is 120 cm³/mol. The summed E-state index contributed by atoms with van der Waals surface area (Å²) in [6.45, 7) is 6.26. The number of pyridine rings is 3. The number of anilines is 3. The molecule has 8 nitrogen and oxygen atoms in total. The molecule has 0 aromatic carbocycles. The molecule has 0 fully saturated rings. The van der Waals surface area contributed by atoms with Crippen LogP contribution < -0.4 is 16.2 Å². The molecule has 4 N–H and O–H groups in total. The molecule has 3 aromatic heterocycles. The van der Waals surface area contributed by atoms with Gasteiger partial charge in [-0.2, -0.15) is 13.2 Å². The zero-order valence-electron chi connectivity index (χ0n) is 18.7. The van der Waals surface area contributed by atoms with Crippen LogP contribution in [-0.4, -0.2) is 43.1 Å². The van der Waals surface area contributed by atoms with Crippen LogP contribution in [0, 0.1) is 0 Å². The summed E-state index contributed by atoms with van der Waals surface area (Å²) in [6.07, 6.45) is -2.17. The molecule has 33 heavy (non-hydrogen) atoms. The molecular weight excluding hydrogens is 439 g/mol. The van der Waals surface area contributed by atoms with Gasteiger partial charge in [0.15, 0.2) is 5.60 Å². The van der Waals surface area contributed by atoms with Gasteiger partial charge in [0.2, 0.25) is 0 Å². The van der Waals surface area contributed by atoms with Crippen LogP contribution in [-0.2, 0) is 12.1 Å². The highest BCUT2D eigenvalue weighted by Gasteiger charge is 2.51. The normalized spacial score (nSPS) is 14.2. The number of nitrogens with one attached hydrogen (secondary N) is 2. The average Bonchev–Trinajstić information content (AvgIpc) is 2.68. The van der Waals surface area contributed by atoms with Crippen LogP contribution in [0.2, 0.25) is 0 Å². The van der Waals surface area contributed by atoms with Gasteiger partial charge in [0, 0.05) is 24.5 Å². The molecule has 0 bridgehead atoms. The monoisotopic (exact) mass is 465 g/mol. The van der Waals surface area contributed by atoms with Crippen molar-refractivity contribution in [2.75, 3.05) is 17.2 Å². The lowest BCUT2D eigenvalue weighted by molar-refractivity contribution is -0.258. The quantitative estimate of drug-likeness (QED) is 0.441. The maximum absolute atomic E-state index is 13.2. The lowest BCUT2D eigenvalue weighted by Gasteiger charge is -2.27. The molecule has 0 saturated heterocycles. The summed E-state index contributed by atoms with van der Waals surface area (Å²) in [5.74, 6) is 0.558. The lowest BCUT2D eigenvalue weighted by Crippen LogP contribution is -2.39. The van der Waals surface area contributed by atoms with Crippen LogP contribution in [0.1, 0.15) is 33.3 Å². The zero-order valence-corrected chi connectivity index (χ0v) is 18.7. The molecule has 0 saturated carbocycles. The van der Waals surface area contributed by atoms with Gasteiger partial charge in [0.05, 0.1) is 12.0 Å². The van der Waals surface area contributed by atoms with Crippen LogP contribution in [0.3, 0.4) is 0 Å². The van der Waals surface area contributed by atoms with Gasteiger partial charge in [0.25, 0.3) is 5.56 Å². The van der Waals surface area contributed by atoms with Gasteiger partial charge in [-0.3, -0.25) is 4.79 Å². The van der Waals surface area contributed by atoms with Crippen LogP contribution in [0.25, 0.3) is 10.8 Å². The third-order valence-corrected chi connectivity index (χ3v) is 4.92. The molecule has 3 heterocycles. The summed E-state index contributed by atoms with van der Waals surface area (Å²) < 4.78 is 41.1. The van der Waals surface area contributed by atoms with E-state index in [2.05, 4.69) is 20.6 Å². The fraction of sp³-hybridized carbons (Fsp3) is 0.409. The van der Waals surface area contributed by atoms with E-state index in [1.165, 1.54) is 4.57 Å². The van der Waals surface area contributed by atoms with Crippen molar-refractivity contribution < 1.29 is 23.4 Å². The number of aliphatic hydroxyl groups excluding tert-OH is 1. The minimum atomic E-state index is -4.87. The SMILES string of the molecule is CC(C)(C)Nc1nc(Nc2cc(C(C)(O)C(F)(F)F)ccn2)cc2ccn(CCO)c(=O)c12. The van der Waals surface area contributed by atoms with Crippen LogP contribution in [0.5, 0.6) is 0 Å². The van der Waals surface area contributed by atoms with Gasteiger partial charge >= 0.3 is 6.18 Å². The standard InChI is InChI=1S/C22H26F3N5O3/c1-20(2,3)29-18-17-13(6-8-30(9-10-31)19(17)32)11-16(28-18)27-15-12-14(5-7-26-15)21(4,33)22(23,24)25/h5-8,11-12,31,33H,9-10H2,1-4H3,(H2,26,27,28,29). The number of hydrogen-bond acceptors (Lipinski definition) is 7. The van der Waals surface area contributed by atoms with E-state index in [0.717, 1.165) is 18.3 Å². The van der Waals surface area contributed by atoms with Crippen molar-refractivity contribution >= 4 is 28.2 Å². The number of alkyl halides is 3. The molecular formula is C22H26F3N5O3. The van der Waals surface area contributed by atoms with Gasteiger partial charge in [-0.25, -0.2) is 9.97 Å². The summed E-state index contributed by atoms with van der Waals surface area (Å²) in [7, 11) is 0. The number of hydrogen-bond donors (Lipinski definition) is 4. The van der Waals surface area contributed by atoms with Gasteiger partial charge < -0.3 is 25.4 Å². The Morgan fingerprint density at radius 1 is 1.09 bits per heavy atom. The smallest absolute Gasteiger partial charge is 0.395 e. The third-order valence-electron chi connectivity index (χ3n) is 4.92. The molecule has 11 heteroatoms. The van der Waals surface area contributed by atoms with E-state index in [1.807, 2.05) is 20.8 Å². The zero-order chi connectivity index (χ0) is 24.6. The van der Waals surface area contributed by atoms with Crippen LogP contribution >= 0.6 is 0 Å². The second-order valence-electron chi connectivity index (χ2n) is 8.86. The second kappa shape index (κ2) is 8.64. The lowest BCUT2D eigenvalue weighted by atomic mass is 9.96. The Balaban J connectivity index is 2.09. The first kappa shape index (κ1) is 24.5. The number of halogens is 3. The highest BCUT2D eigenvalue weighted by Crippen LogP contribution is 2.39. The molecule has 0 radical (unpaired) electrons. The fourth-order valence-electron chi connectivity index (χ4n) is 3.19. The second-order valence-corrected chi connectivity index (χ2v) is 8.86. The first-order chi connectivity index (χ1) is 15.2. The van der Waals surface area contributed by atoms with Gasteiger partial charge in [0.1, 0.15) is 17.5 Å². The molecule has 0 aliphatic rings. The summed E-state index contributed by atoms with van der Waals surface area (Å²) >= 11 is 0. The Morgan fingerprint density at radius 2 is 1.79 bits per heavy atom. The molecule has 1 atom stereocenters. The van der Waals surface area contributed by atoms with E-state index in [-0.39, 0.29) is 41.7 Å². The number of aliphatic hydroxyl groups is 2. The van der Waals surface area contributed by atoms with E-state index >= 15 is 0 Å². The van der Waals surface area contributed by atoms with Crippen LogP contribution in [0.4, 0.5) is 30.6 Å². The van der Waals surface area contributed by atoms with Crippen LogP contribution in [0.15, 0.2) is 41.5 Å². The molecule has 3 rings (SSSR count). The Labute approximate surface area is 188 Å². The van der Waals surface area contributed by atoms with Crippen molar-refractivity contribution in [2.24, 2.45) is 0 Å². The van der Waals surface area contributed by atoms with Crippen molar-refractivity contribution in [3.05, 3.63) is 52.6 Å². The Morgan fingerprint density at radius 3 is 2.39 bits per heavy atom. The van der Waals surface area contributed by atoms with Gasteiger partial charge in [-0.1, -0.05) is 0 Å². The Hall–Kier alpha value is -3.18. The summed E-state index contributed by atoms with van der Waals surface area (Å²) in [6, 6.07) is 5.44. The summed E-state index contributed by atoms with van der Waals surface area (Å²) in [5.41, 5.74) is -4.23. The van der Waals surface area contributed by atoms with E-state index in [9.17, 15) is 28.2 Å². The van der Waals surface area contributed by atoms with Crippen molar-refractivity contribution in [1.29, 1.82) is 0 Å². The third kappa shape index (κ3) is 5.25. The van der Waals surface area contributed by atoms with Crippen molar-refractivity contribution in [3.8, 4) is 0 Å². The molecule has 3 aromatic rings. The summed E-state index contributed by atoms with van der Waals surface area (Å²) in [5, 5.41) is 26.1. The maximum atomic E-state index is 13.2. The Kier molecular flexibility index (Phi) is 6.40. The average molecular weight is 465 g/mol. The number of nitrogens with zero attached hydrogens (tertiary/aromatic N) is 3. The highest BCUT2D eigenvalue weighted by molar-refractivity contribution is 5.93. The number of rotatable bonds is 6. The van der Waals surface area contributed by atoms with Gasteiger partial charge in [-0.05, 0) is 62.9 Å². The topological polar surface area (TPSA) is 112 Å². The first-order valence-electron chi connectivity index (χ1n) is 10.2. The van der Waals surface area contributed by atoms with E-state index in [0.29, 0.717) is 17.7 Å². The van der Waals surface area contributed by atoms with E-state index in [1.54, 1.807) is 18.3 Å². The molecule has 0 spiro atoms. The molecule has 0 aliphatic heterocycles. The minimum absolute atomic E-state index is 0.0409. The molecule has 178 valence electrons. The first-order valence-corrected chi connectivity index (χ1v) is 10.2. The fourth-order valence-corrected chi connectivity index (χ4v) is 3.19. The maximum Gasteiger partial charge on any atom is 0.421 e. The van der Waals surface area contributed by atoms with Crippen molar-refractivity contribution in [1.82, 2.24) is 14.5 Å². The largest absolute Gasteiger partial charge is 0.421 e. The van der Waals surface area contributed by atoms with E-state index < -0.39 is 17.3 Å². The van der Waals surface area contributed by atoms with Gasteiger partial charge in [-0.15, -0.1) is 0 Å². The summed E-state index contributed by atoms with van der Waals surface area (Å²) in [4.78, 5) is 21.4. The van der Waals surface area contributed by atoms with Crippen molar-refractivity contribution in [2.45, 2.75) is 51.6 Å².